The number of esters is 1. The number of benzene rings is 1. The summed E-state index contributed by atoms with van der Waals surface area (Å²) in [4.78, 5) is 44.4. The molecule has 4 bridgehead atoms. The monoisotopic (exact) mass is 615 g/mol. The van der Waals surface area contributed by atoms with Gasteiger partial charge in [0, 0.05) is 27.1 Å². The van der Waals surface area contributed by atoms with Crippen LogP contribution in [0.25, 0.3) is 17.0 Å². The Morgan fingerprint density at radius 1 is 0.929 bits per heavy atom. The highest BCUT2D eigenvalue weighted by atomic mass is 35.5. The Balaban J connectivity index is 1.44. The number of fused-ring (bicyclic) bond motifs is 1. The first-order valence-corrected chi connectivity index (χ1v) is 15.6. The average Bonchev–Trinajstić information content (AvgIpc) is 3.35. The number of hydrazine groups is 1. The van der Waals surface area contributed by atoms with Crippen molar-refractivity contribution in [3.8, 4) is 0 Å². The maximum absolute atomic E-state index is 14.3. The Labute approximate surface area is 256 Å². The molecular formula is C32H39Cl2N3O5. The Kier molecular flexibility index (Phi) is 7.12. The van der Waals surface area contributed by atoms with E-state index in [0.717, 1.165) is 25.7 Å². The number of carbonyl (C=O) groups excluding carboxylic acids is 3. The summed E-state index contributed by atoms with van der Waals surface area (Å²) in [6, 6.07) is 3.23. The van der Waals surface area contributed by atoms with E-state index < -0.39 is 23.3 Å². The van der Waals surface area contributed by atoms with E-state index in [1.54, 1.807) is 44.0 Å². The zero-order valence-corrected chi connectivity index (χ0v) is 26.6. The first-order chi connectivity index (χ1) is 19.6. The summed E-state index contributed by atoms with van der Waals surface area (Å²) < 4.78 is 11.5. The van der Waals surface area contributed by atoms with Crippen LogP contribution in [0.1, 0.15) is 89.7 Å². The first-order valence-electron chi connectivity index (χ1n) is 14.9. The third-order valence-corrected chi connectivity index (χ3v) is 9.42. The summed E-state index contributed by atoms with van der Waals surface area (Å²) >= 11 is 12.9. The summed E-state index contributed by atoms with van der Waals surface area (Å²) in [6.07, 6.45) is 6.76. The molecule has 1 aliphatic heterocycles. The van der Waals surface area contributed by atoms with Gasteiger partial charge in [-0.25, -0.2) is 19.6 Å². The van der Waals surface area contributed by atoms with E-state index in [4.69, 9.17) is 32.7 Å². The van der Waals surface area contributed by atoms with E-state index in [9.17, 15) is 14.4 Å². The smallest absolute Gasteiger partial charge is 0.429 e. The van der Waals surface area contributed by atoms with Gasteiger partial charge in [-0.1, -0.05) is 23.2 Å². The molecule has 7 rings (SSSR count). The Morgan fingerprint density at radius 3 is 2.10 bits per heavy atom. The predicted octanol–water partition coefficient (Wildman–Crippen LogP) is 7.63. The molecule has 42 heavy (non-hydrogen) atoms. The van der Waals surface area contributed by atoms with Crippen LogP contribution in [-0.4, -0.2) is 56.8 Å². The van der Waals surface area contributed by atoms with E-state index in [1.807, 2.05) is 20.8 Å². The van der Waals surface area contributed by atoms with Gasteiger partial charge in [0.05, 0.1) is 17.6 Å². The second kappa shape index (κ2) is 10.2. The van der Waals surface area contributed by atoms with E-state index in [1.165, 1.54) is 11.4 Å². The van der Waals surface area contributed by atoms with E-state index in [2.05, 4.69) is 4.98 Å². The lowest BCUT2D eigenvalue weighted by molar-refractivity contribution is -0.160. The van der Waals surface area contributed by atoms with Crippen LogP contribution in [0.2, 0.25) is 10.0 Å². The van der Waals surface area contributed by atoms with Crippen LogP contribution < -0.4 is 0 Å². The SMILES string of the molecule is CC(C)(C)OC(=O)c1[nH]c2cc(Cl)cc(Cl)c2c1C=C1CN(C(=O)OC(C)(C)C)N(C2C3CC4CC(C3)CC2C4)C1=O. The molecule has 5 fully saturated rings. The van der Waals surface area contributed by atoms with E-state index in [-0.39, 0.29) is 24.2 Å². The number of hydrogen-bond acceptors (Lipinski definition) is 5. The van der Waals surface area contributed by atoms with Gasteiger partial charge in [-0.2, -0.15) is 0 Å². The van der Waals surface area contributed by atoms with Crippen molar-refractivity contribution >= 4 is 58.2 Å². The molecule has 8 nitrogen and oxygen atoms in total. The molecule has 0 atom stereocenters. The quantitative estimate of drug-likeness (QED) is 0.283. The Morgan fingerprint density at radius 2 is 1.52 bits per heavy atom. The van der Waals surface area contributed by atoms with Gasteiger partial charge in [0.1, 0.15) is 16.9 Å². The molecule has 4 saturated carbocycles. The standard InChI is InChI=1S/C32H39Cl2N3O5/c1-31(2,3)41-29(39)26-22(25-23(34)13-21(33)14-24(25)35-26)12-20-15-36(30(40)42-32(4,5)6)37(28(20)38)27-18-8-16-7-17(10-18)11-19(27)9-16/h12-14,16-19,27,35H,7-11,15H2,1-6H3. The van der Waals surface area contributed by atoms with Gasteiger partial charge in [0.25, 0.3) is 5.91 Å². The normalized spacial score (nSPS) is 28.3. The number of amides is 2. The van der Waals surface area contributed by atoms with Crippen molar-refractivity contribution in [2.45, 2.75) is 90.9 Å². The van der Waals surface area contributed by atoms with Gasteiger partial charge >= 0.3 is 12.1 Å². The minimum atomic E-state index is -0.743. The van der Waals surface area contributed by atoms with Crippen LogP contribution in [0.15, 0.2) is 17.7 Å². The van der Waals surface area contributed by atoms with Crippen molar-refractivity contribution in [1.82, 2.24) is 15.0 Å². The number of aromatic amines is 1. The first kappa shape index (κ1) is 29.4. The second-order valence-electron chi connectivity index (χ2n) is 14.5. The molecule has 0 spiro atoms. The fourth-order valence-electron chi connectivity index (χ4n) is 7.81. The van der Waals surface area contributed by atoms with Crippen LogP contribution in [0.5, 0.6) is 0 Å². The number of hydrogen-bond donors (Lipinski definition) is 1. The second-order valence-corrected chi connectivity index (χ2v) is 15.3. The fourth-order valence-corrected chi connectivity index (χ4v) is 8.41. The molecule has 0 unspecified atom stereocenters. The number of nitrogens with one attached hydrogen (secondary N) is 1. The number of H-pyrrole nitrogens is 1. The predicted molar refractivity (Wildman–Crippen MR) is 162 cm³/mol. The Bertz CT molecular complexity index is 1470. The Hall–Kier alpha value is -2.71. The number of halogens is 2. The zero-order valence-electron chi connectivity index (χ0n) is 25.1. The van der Waals surface area contributed by atoms with Gasteiger partial charge in [-0.05, 0) is 116 Å². The molecule has 1 aromatic carbocycles. The molecular weight excluding hydrogens is 577 g/mol. The van der Waals surface area contributed by atoms with Crippen LogP contribution in [0.3, 0.4) is 0 Å². The molecule has 2 heterocycles. The molecule has 1 N–H and O–H groups in total. The maximum atomic E-state index is 14.3. The van der Waals surface area contributed by atoms with Crippen molar-refractivity contribution in [3.05, 3.63) is 39.0 Å². The number of carbonyl (C=O) groups is 3. The van der Waals surface area contributed by atoms with E-state index >= 15 is 0 Å². The number of ether oxygens (including phenoxy) is 2. The summed E-state index contributed by atoms with van der Waals surface area (Å²) in [5.74, 6) is 1.32. The molecule has 1 aromatic heterocycles. The fraction of sp³-hybridized carbons (Fsp3) is 0.594. The molecule has 1 saturated heterocycles. The zero-order chi connectivity index (χ0) is 30.3. The minimum absolute atomic E-state index is 0.0299. The minimum Gasteiger partial charge on any atom is -0.455 e. The lowest BCUT2D eigenvalue weighted by Crippen LogP contribution is -2.61. The van der Waals surface area contributed by atoms with Crippen LogP contribution in [-0.2, 0) is 14.3 Å². The van der Waals surface area contributed by atoms with Crippen LogP contribution >= 0.6 is 23.2 Å². The average molecular weight is 617 g/mol. The maximum Gasteiger partial charge on any atom is 0.429 e. The highest BCUT2D eigenvalue weighted by molar-refractivity contribution is 6.39. The lowest BCUT2D eigenvalue weighted by Gasteiger charge is -2.57. The largest absolute Gasteiger partial charge is 0.455 e. The summed E-state index contributed by atoms with van der Waals surface area (Å²) in [5.41, 5.74) is 0.0591. The molecule has 226 valence electrons. The number of nitrogens with zero attached hydrogens (tertiary/aromatic N) is 2. The molecule has 5 aliphatic rings. The van der Waals surface area contributed by atoms with Gasteiger partial charge < -0.3 is 14.5 Å². The molecule has 2 aromatic rings. The molecule has 4 aliphatic carbocycles. The highest BCUT2D eigenvalue weighted by Gasteiger charge is 2.55. The van der Waals surface area contributed by atoms with E-state index in [0.29, 0.717) is 55.8 Å². The third-order valence-electron chi connectivity index (χ3n) is 8.90. The molecule has 2 amide bonds. The van der Waals surface area contributed by atoms with Gasteiger partial charge in [0.2, 0.25) is 0 Å². The summed E-state index contributed by atoms with van der Waals surface area (Å²) in [7, 11) is 0. The van der Waals surface area contributed by atoms with Crippen molar-refractivity contribution in [1.29, 1.82) is 0 Å². The van der Waals surface area contributed by atoms with Gasteiger partial charge in [-0.15, -0.1) is 0 Å². The van der Waals surface area contributed by atoms with Gasteiger partial charge in [0.15, 0.2) is 0 Å². The summed E-state index contributed by atoms with van der Waals surface area (Å²) in [5, 5.41) is 4.46. The highest BCUT2D eigenvalue weighted by Crippen LogP contribution is 2.56. The van der Waals surface area contributed by atoms with Crippen molar-refractivity contribution in [2.24, 2.45) is 23.7 Å². The molecule has 0 radical (unpaired) electrons. The van der Waals surface area contributed by atoms with Crippen molar-refractivity contribution < 1.29 is 23.9 Å². The molecule has 10 heteroatoms. The number of aromatic nitrogens is 1. The lowest BCUT2D eigenvalue weighted by atomic mass is 9.54. The summed E-state index contributed by atoms with van der Waals surface area (Å²) in [6.45, 7) is 10.9. The van der Waals surface area contributed by atoms with Crippen LogP contribution in [0, 0.1) is 23.7 Å². The third kappa shape index (κ3) is 5.41. The van der Waals surface area contributed by atoms with Crippen molar-refractivity contribution in [2.75, 3.05) is 6.54 Å². The van der Waals surface area contributed by atoms with Gasteiger partial charge in [-0.3, -0.25) is 4.79 Å². The van der Waals surface area contributed by atoms with Crippen LogP contribution in [0.4, 0.5) is 4.79 Å². The number of rotatable bonds is 3. The van der Waals surface area contributed by atoms with Crippen molar-refractivity contribution in [3.63, 3.8) is 0 Å². The topological polar surface area (TPSA) is 91.9 Å².